The predicted octanol–water partition coefficient (Wildman–Crippen LogP) is 2.07. The van der Waals surface area contributed by atoms with Crippen molar-refractivity contribution < 1.29 is 23.0 Å². The number of hydrogen-bond acceptors (Lipinski definition) is 3. The zero-order valence-electron chi connectivity index (χ0n) is 7.86. The van der Waals surface area contributed by atoms with Gasteiger partial charge in [0.2, 0.25) is 0 Å². The molecule has 0 N–H and O–H groups in total. The van der Waals surface area contributed by atoms with Gasteiger partial charge < -0.3 is 14.2 Å². The lowest BCUT2D eigenvalue weighted by molar-refractivity contribution is -0.0499. The molecule has 1 saturated heterocycles. The van der Waals surface area contributed by atoms with Crippen LogP contribution >= 0.6 is 0 Å². The number of rotatable bonds is 5. The molecule has 0 amide bonds. The smallest absolute Gasteiger partial charge is 0.387 e. The summed E-state index contributed by atoms with van der Waals surface area (Å²) < 4.78 is 38.3. The van der Waals surface area contributed by atoms with E-state index in [4.69, 9.17) is 9.47 Å². The molecule has 1 aromatic rings. The molecule has 1 aromatic carbocycles. The fourth-order valence-electron chi connectivity index (χ4n) is 1.09. The number of alkyl halides is 2. The summed E-state index contributed by atoms with van der Waals surface area (Å²) in [5.41, 5.74) is 0. The van der Waals surface area contributed by atoms with Gasteiger partial charge >= 0.3 is 6.61 Å². The minimum atomic E-state index is -2.81. The van der Waals surface area contributed by atoms with Crippen LogP contribution in [0.15, 0.2) is 24.3 Å². The molecule has 15 heavy (non-hydrogen) atoms. The molecule has 0 aliphatic carbocycles. The van der Waals surface area contributed by atoms with Crippen molar-refractivity contribution in [1.29, 1.82) is 0 Å². The van der Waals surface area contributed by atoms with Crippen molar-refractivity contribution in [2.45, 2.75) is 12.7 Å². The zero-order valence-corrected chi connectivity index (χ0v) is 7.86. The van der Waals surface area contributed by atoms with E-state index < -0.39 is 6.61 Å². The Morgan fingerprint density at radius 2 is 2.13 bits per heavy atom. The molecule has 2 rings (SSSR count). The van der Waals surface area contributed by atoms with Gasteiger partial charge in [0.25, 0.3) is 0 Å². The number of ether oxygens (including phenoxy) is 3. The van der Waals surface area contributed by atoms with Gasteiger partial charge in [-0.25, -0.2) is 0 Å². The Kier molecular flexibility index (Phi) is 3.01. The third-order valence-electron chi connectivity index (χ3n) is 1.87. The molecule has 0 saturated carbocycles. The van der Waals surface area contributed by atoms with Crippen LogP contribution in [0.3, 0.4) is 0 Å². The molecule has 1 heterocycles. The lowest BCUT2D eigenvalue weighted by Crippen LogP contribution is -2.05. The summed E-state index contributed by atoms with van der Waals surface area (Å²) in [6.07, 6.45) is 0.143. The van der Waals surface area contributed by atoms with Crippen LogP contribution in [-0.2, 0) is 4.74 Å². The first-order valence-electron chi connectivity index (χ1n) is 4.53. The lowest BCUT2D eigenvalue weighted by Gasteiger charge is -2.07. The monoisotopic (exact) mass is 216 g/mol. The highest BCUT2D eigenvalue weighted by Gasteiger charge is 2.23. The standard InChI is InChI=1S/C10H10F2O3/c11-10(12)15-8-3-1-2-7(4-8)13-5-9-6-14-9/h1-4,9-10H,5-6H2. The predicted molar refractivity (Wildman–Crippen MR) is 48.3 cm³/mol. The van der Waals surface area contributed by atoms with Crippen LogP contribution in [0.5, 0.6) is 11.5 Å². The van der Waals surface area contributed by atoms with Crippen LogP contribution in [-0.4, -0.2) is 25.9 Å². The highest BCUT2D eigenvalue weighted by atomic mass is 19.3. The van der Waals surface area contributed by atoms with Gasteiger partial charge in [0.05, 0.1) is 6.61 Å². The first-order chi connectivity index (χ1) is 7.24. The van der Waals surface area contributed by atoms with Crippen LogP contribution in [0.1, 0.15) is 0 Å². The van der Waals surface area contributed by atoms with Crippen molar-refractivity contribution in [2.24, 2.45) is 0 Å². The lowest BCUT2D eigenvalue weighted by atomic mass is 10.3. The van der Waals surface area contributed by atoms with Crippen molar-refractivity contribution in [3.63, 3.8) is 0 Å². The van der Waals surface area contributed by atoms with E-state index in [1.807, 2.05) is 0 Å². The van der Waals surface area contributed by atoms with Crippen molar-refractivity contribution in [2.75, 3.05) is 13.2 Å². The summed E-state index contributed by atoms with van der Waals surface area (Å²) in [7, 11) is 0. The van der Waals surface area contributed by atoms with Gasteiger partial charge in [-0.2, -0.15) is 8.78 Å². The molecular weight excluding hydrogens is 206 g/mol. The van der Waals surface area contributed by atoms with Gasteiger partial charge in [0.1, 0.15) is 24.2 Å². The molecule has 1 unspecified atom stereocenters. The molecule has 5 heteroatoms. The van der Waals surface area contributed by atoms with Crippen LogP contribution in [0.4, 0.5) is 8.78 Å². The van der Waals surface area contributed by atoms with E-state index in [1.165, 1.54) is 12.1 Å². The number of halogens is 2. The van der Waals surface area contributed by atoms with E-state index in [2.05, 4.69) is 4.74 Å². The second-order valence-electron chi connectivity index (χ2n) is 3.12. The fraction of sp³-hybridized carbons (Fsp3) is 0.400. The zero-order chi connectivity index (χ0) is 10.7. The molecule has 0 spiro atoms. The van der Waals surface area contributed by atoms with Gasteiger partial charge in [0, 0.05) is 6.07 Å². The number of benzene rings is 1. The van der Waals surface area contributed by atoms with Gasteiger partial charge in [-0.05, 0) is 12.1 Å². The SMILES string of the molecule is FC(F)Oc1cccc(OCC2CO2)c1. The largest absolute Gasteiger partial charge is 0.491 e. The average Bonchev–Trinajstić information content (AvgIpc) is 2.97. The highest BCUT2D eigenvalue weighted by Crippen LogP contribution is 2.22. The van der Waals surface area contributed by atoms with E-state index in [0.717, 1.165) is 0 Å². The van der Waals surface area contributed by atoms with Gasteiger partial charge in [-0.1, -0.05) is 6.07 Å². The van der Waals surface area contributed by atoms with Crippen LogP contribution < -0.4 is 9.47 Å². The summed E-state index contributed by atoms with van der Waals surface area (Å²) in [6.45, 7) is -1.67. The molecule has 1 aliphatic heterocycles. The Morgan fingerprint density at radius 3 is 2.80 bits per heavy atom. The van der Waals surface area contributed by atoms with Crippen LogP contribution in [0.25, 0.3) is 0 Å². The van der Waals surface area contributed by atoms with Gasteiger partial charge in [-0.15, -0.1) is 0 Å². The number of hydrogen-bond donors (Lipinski definition) is 0. The molecule has 1 atom stereocenters. The molecule has 82 valence electrons. The molecule has 0 bridgehead atoms. The van der Waals surface area contributed by atoms with E-state index in [9.17, 15) is 8.78 Å². The third kappa shape index (κ3) is 3.36. The topological polar surface area (TPSA) is 31.0 Å². The molecule has 1 fully saturated rings. The van der Waals surface area contributed by atoms with E-state index in [-0.39, 0.29) is 11.9 Å². The summed E-state index contributed by atoms with van der Waals surface area (Å²) in [4.78, 5) is 0. The van der Waals surface area contributed by atoms with E-state index in [0.29, 0.717) is 19.0 Å². The Morgan fingerprint density at radius 1 is 1.40 bits per heavy atom. The van der Waals surface area contributed by atoms with Crippen LogP contribution in [0, 0.1) is 0 Å². The van der Waals surface area contributed by atoms with Gasteiger partial charge in [-0.3, -0.25) is 0 Å². The van der Waals surface area contributed by atoms with E-state index in [1.54, 1.807) is 12.1 Å². The van der Waals surface area contributed by atoms with Crippen molar-refractivity contribution in [1.82, 2.24) is 0 Å². The fourth-order valence-corrected chi connectivity index (χ4v) is 1.09. The summed E-state index contributed by atoms with van der Waals surface area (Å²) >= 11 is 0. The first-order valence-corrected chi connectivity index (χ1v) is 4.53. The average molecular weight is 216 g/mol. The summed E-state index contributed by atoms with van der Waals surface area (Å²) in [5, 5.41) is 0. The molecular formula is C10H10F2O3. The number of epoxide rings is 1. The second-order valence-corrected chi connectivity index (χ2v) is 3.12. The molecule has 1 aliphatic rings. The molecule has 0 radical (unpaired) electrons. The Balaban J connectivity index is 1.91. The Hall–Kier alpha value is -1.36. The quantitative estimate of drug-likeness (QED) is 0.706. The second kappa shape index (κ2) is 4.44. The highest BCUT2D eigenvalue weighted by molar-refractivity contribution is 5.32. The maximum absolute atomic E-state index is 11.9. The third-order valence-corrected chi connectivity index (χ3v) is 1.87. The minimum Gasteiger partial charge on any atom is -0.491 e. The van der Waals surface area contributed by atoms with Crippen molar-refractivity contribution >= 4 is 0 Å². The van der Waals surface area contributed by atoms with E-state index >= 15 is 0 Å². The normalized spacial score (nSPS) is 19.0. The maximum Gasteiger partial charge on any atom is 0.387 e. The summed E-state index contributed by atoms with van der Waals surface area (Å²) in [5.74, 6) is 0.600. The first kappa shape index (κ1) is 10.2. The minimum absolute atomic E-state index is 0.0965. The summed E-state index contributed by atoms with van der Waals surface area (Å²) in [6, 6.07) is 6.16. The molecule has 0 aromatic heterocycles. The Bertz CT molecular complexity index is 326. The van der Waals surface area contributed by atoms with Crippen LogP contribution in [0.2, 0.25) is 0 Å². The van der Waals surface area contributed by atoms with Crippen molar-refractivity contribution in [3.05, 3.63) is 24.3 Å². The van der Waals surface area contributed by atoms with Gasteiger partial charge in [0.15, 0.2) is 0 Å². The Labute approximate surface area is 85.6 Å². The maximum atomic E-state index is 11.9. The van der Waals surface area contributed by atoms with Crippen molar-refractivity contribution in [3.8, 4) is 11.5 Å². The molecule has 3 nitrogen and oxygen atoms in total.